The summed E-state index contributed by atoms with van der Waals surface area (Å²) in [6.07, 6.45) is 2.07. The predicted molar refractivity (Wildman–Crippen MR) is 124 cm³/mol. The summed E-state index contributed by atoms with van der Waals surface area (Å²) in [5.41, 5.74) is 4.71. The van der Waals surface area contributed by atoms with Crippen LogP contribution in [0.2, 0.25) is 0 Å². The summed E-state index contributed by atoms with van der Waals surface area (Å²) < 4.78 is 23.0. The number of fused-ring (bicyclic) bond motifs is 5. The number of ether oxygens (including phenoxy) is 1. The van der Waals surface area contributed by atoms with Crippen molar-refractivity contribution in [3.63, 3.8) is 0 Å². The SMILES string of the molecule is Cc1c2c(c(C(C)C)c3ccccc13)Oc1cc3ccc(F)cc3c3cc[n+](C)c-2c13. The second-order valence-electron chi connectivity index (χ2n) is 8.85. The van der Waals surface area contributed by atoms with Crippen LogP contribution in [0.5, 0.6) is 11.5 Å². The number of hydrogen-bond acceptors (Lipinski definition) is 1. The summed E-state index contributed by atoms with van der Waals surface area (Å²) in [6, 6.07) is 17.7. The zero-order chi connectivity index (χ0) is 21.4. The Labute approximate surface area is 180 Å². The van der Waals surface area contributed by atoms with Crippen LogP contribution in [0.4, 0.5) is 4.39 Å². The topological polar surface area (TPSA) is 13.1 Å². The van der Waals surface area contributed by atoms with Crippen molar-refractivity contribution in [3.05, 3.63) is 77.7 Å². The molecule has 2 heterocycles. The second-order valence-corrected chi connectivity index (χ2v) is 8.85. The van der Waals surface area contributed by atoms with Crippen LogP contribution >= 0.6 is 0 Å². The molecule has 0 radical (unpaired) electrons. The first-order valence-corrected chi connectivity index (χ1v) is 10.7. The second kappa shape index (κ2) is 6.27. The van der Waals surface area contributed by atoms with Gasteiger partial charge in [-0.1, -0.05) is 44.2 Å². The van der Waals surface area contributed by atoms with Crippen LogP contribution < -0.4 is 9.30 Å². The van der Waals surface area contributed by atoms with Gasteiger partial charge in [-0.05, 0) is 58.1 Å². The van der Waals surface area contributed by atoms with Gasteiger partial charge in [0.25, 0.3) is 0 Å². The first kappa shape index (κ1) is 18.3. The molecule has 0 N–H and O–H groups in total. The van der Waals surface area contributed by atoms with E-state index in [0.29, 0.717) is 5.92 Å². The highest BCUT2D eigenvalue weighted by Gasteiger charge is 2.33. The molecular weight excluding hydrogens is 385 g/mol. The van der Waals surface area contributed by atoms with E-state index in [9.17, 15) is 4.39 Å². The Morgan fingerprint density at radius 1 is 0.903 bits per heavy atom. The van der Waals surface area contributed by atoms with Crippen LogP contribution in [0.3, 0.4) is 0 Å². The van der Waals surface area contributed by atoms with Crippen molar-refractivity contribution in [3.8, 4) is 22.8 Å². The summed E-state index contributed by atoms with van der Waals surface area (Å²) in [4.78, 5) is 0. The van der Waals surface area contributed by atoms with E-state index in [1.165, 1.54) is 28.0 Å². The number of benzene rings is 4. The number of aryl methyl sites for hydroxylation is 2. The van der Waals surface area contributed by atoms with E-state index >= 15 is 0 Å². The molecule has 0 unspecified atom stereocenters. The van der Waals surface area contributed by atoms with Crippen LogP contribution in [0.25, 0.3) is 43.6 Å². The lowest BCUT2D eigenvalue weighted by Crippen LogP contribution is -2.32. The van der Waals surface area contributed by atoms with E-state index in [1.807, 2.05) is 6.07 Å². The number of rotatable bonds is 1. The fourth-order valence-electron chi connectivity index (χ4n) is 5.29. The minimum absolute atomic E-state index is 0.223. The quantitative estimate of drug-likeness (QED) is 0.205. The number of pyridine rings is 1. The summed E-state index contributed by atoms with van der Waals surface area (Å²) in [6.45, 7) is 6.62. The summed E-state index contributed by atoms with van der Waals surface area (Å²) in [5, 5.41) is 6.45. The largest absolute Gasteiger partial charge is 0.455 e. The van der Waals surface area contributed by atoms with Gasteiger partial charge in [0.15, 0.2) is 6.20 Å². The number of aromatic nitrogens is 1. The molecule has 0 fully saturated rings. The molecule has 1 aliphatic rings. The smallest absolute Gasteiger partial charge is 0.228 e. The Balaban J connectivity index is 1.87. The predicted octanol–water partition coefficient (Wildman–Crippen LogP) is 7.31. The Kier molecular flexibility index (Phi) is 3.71. The fourth-order valence-corrected chi connectivity index (χ4v) is 5.29. The highest BCUT2D eigenvalue weighted by atomic mass is 19.1. The molecule has 0 aliphatic carbocycles. The molecule has 0 saturated carbocycles. The first-order chi connectivity index (χ1) is 15.0. The van der Waals surface area contributed by atoms with Crippen molar-refractivity contribution in [2.75, 3.05) is 0 Å². The van der Waals surface area contributed by atoms with Gasteiger partial charge in [0.1, 0.15) is 24.4 Å². The van der Waals surface area contributed by atoms with E-state index < -0.39 is 0 Å². The van der Waals surface area contributed by atoms with Crippen LogP contribution in [-0.2, 0) is 7.05 Å². The van der Waals surface area contributed by atoms with Crippen LogP contribution in [0.15, 0.2) is 60.8 Å². The first-order valence-electron chi connectivity index (χ1n) is 10.7. The van der Waals surface area contributed by atoms with Crippen LogP contribution in [0.1, 0.15) is 30.9 Å². The molecule has 2 nitrogen and oxygen atoms in total. The molecule has 1 aliphatic heterocycles. The molecule has 0 atom stereocenters. The van der Waals surface area contributed by atoms with Gasteiger partial charge in [-0.15, -0.1) is 0 Å². The maximum atomic E-state index is 14.1. The molecule has 31 heavy (non-hydrogen) atoms. The molecule has 1 aromatic heterocycles. The highest BCUT2D eigenvalue weighted by molar-refractivity contribution is 6.16. The third-order valence-corrected chi connectivity index (χ3v) is 6.66. The standard InChI is InChI=1S/C28H23FNO/c1-15(2)24-20-8-6-5-7-19(20)16(3)25-27-26-21(11-12-30(27)4)22-14-18(29)10-9-17(22)13-23(26)31-28(24)25/h5-15H,1-4H3/q+1. The average Bonchev–Trinajstić information content (AvgIpc) is 2.75. The number of halogens is 1. The minimum atomic E-state index is -0.223. The molecule has 5 aromatic rings. The zero-order valence-corrected chi connectivity index (χ0v) is 18.1. The normalized spacial score (nSPS) is 12.6. The highest BCUT2D eigenvalue weighted by Crippen LogP contribution is 2.53. The summed E-state index contributed by atoms with van der Waals surface area (Å²) in [5.74, 6) is 1.87. The molecule has 6 rings (SSSR count). The summed E-state index contributed by atoms with van der Waals surface area (Å²) >= 11 is 0. The van der Waals surface area contributed by atoms with Gasteiger partial charge in [-0.3, -0.25) is 0 Å². The Bertz CT molecular complexity index is 1570. The molecule has 0 spiro atoms. The van der Waals surface area contributed by atoms with Crippen molar-refractivity contribution < 1.29 is 13.7 Å². The molecule has 3 heteroatoms. The van der Waals surface area contributed by atoms with Crippen LogP contribution in [0, 0.1) is 12.7 Å². The van der Waals surface area contributed by atoms with Crippen molar-refractivity contribution in [1.82, 2.24) is 0 Å². The van der Waals surface area contributed by atoms with Gasteiger partial charge >= 0.3 is 0 Å². The van der Waals surface area contributed by atoms with Crippen molar-refractivity contribution in [1.29, 1.82) is 0 Å². The van der Waals surface area contributed by atoms with Crippen molar-refractivity contribution in [2.24, 2.45) is 7.05 Å². The van der Waals surface area contributed by atoms with Gasteiger partial charge in [-0.2, -0.15) is 0 Å². The lowest BCUT2D eigenvalue weighted by molar-refractivity contribution is -0.659. The van der Waals surface area contributed by atoms with Gasteiger partial charge in [0.05, 0.1) is 10.9 Å². The Morgan fingerprint density at radius 2 is 1.68 bits per heavy atom. The number of nitrogens with zero attached hydrogens (tertiary/aromatic N) is 1. The van der Waals surface area contributed by atoms with Gasteiger partial charge < -0.3 is 4.74 Å². The van der Waals surface area contributed by atoms with Crippen molar-refractivity contribution in [2.45, 2.75) is 26.7 Å². The lowest BCUT2D eigenvalue weighted by Gasteiger charge is -2.26. The Hall–Kier alpha value is -3.46. The van der Waals surface area contributed by atoms with E-state index in [2.05, 4.69) is 75.0 Å². The Morgan fingerprint density at radius 3 is 2.45 bits per heavy atom. The van der Waals surface area contributed by atoms with Gasteiger partial charge in [-0.25, -0.2) is 8.96 Å². The molecule has 4 aromatic carbocycles. The third-order valence-electron chi connectivity index (χ3n) is 6.66. The zero-order valence-electron chi connectivity index (χ0n) is 18.1. The van der Waals surface area contributed by atoms with E-state index in [4.69, 9.17) is 4.74 Å². The molecule has 0 amide bonds. The van der Waals surface area contributed by atoms with E-state index in [-0.39, 0.29) is 5.82 Å². The van der Waals surface area contributed by atoms with Crippen molar-refractivity contribution >= 4 is 32.3 Å². The van der Waals surface area contributed by atoms with Gasteiger partial charge in [0.2, 0.25) is 5.69 Å². The maximum absolute atomic E-state index is 14.1. The monoisotopic (exact) mass is 408 g/mol. The number of hydrogen-bond donors (Lipinski definition) is 0. The molecular formula is C28H23FNO+. The summed E-state index contributed by atoms with van der Waals surface area (Å²) in [7, 11) is 2.08. The average molecular weight is 408 g/mol. The molecule has 0 saturated heterocycles. The van der Waals surface area contributed by atoms with E-state index in [1.54, 1.807) is 6.07 Å². The molecule has 152 valence electrons. The fraction of sp³-hybridized carbons (Fsp3) is 0.179. The minimum Gasteiger partial charge on any atom is -0.455 e. The van der Waals surface area contributed by atoms with Crippen LogP contribution in [-0.4, -0.2) is 0 Å². The van der Waals surface area contributed by atoms with E-state index in [0.717, 1.165) is 44.3 Å². The maximum Gasteiger partial charge on any atom is 0.228 e. The third kappa shape index (κ3) is 2.40. The molecule has 0 bridgehead atoms. The lowest BCUT2D eigenvalue weighted by atomic mass is 9.85. The van der Waals surface area contributed by atoms with Gasteiger partial charge in [0, 0.05) is 17.0 Å².